The lowest BCUT2D eigenvalue weighted by atomic mass is 9.95. The Morgan fingerprint density at radius 3 is 2.45 bits per heavy atom. The van der Waals surface area contributed by atoms with Crippen molar-refractivity contribution in [3.63, 3.8) is 0 Å². The van der Waals surface area contributed by atoms with Gasteiger partial charge in [-0.25, -0.2) is 13.9 Å². The highest BCUT2D eigenvalue weighted by Gasteiger charge is 2.31. The van der Waals surface area contributed by atoms with Crippen LogP contribution in [0.15, 0.2) is 30.5 Å². The van der Waals surface area contributed by atoms with Gasteiger partial charge in [0.25, 0.3) is 0 Å². The molecule has 0 aliphatic carbocycles. The molecule has 2 aliphatic heterocycles. The average molecular weight is 443 g/mol. The molecule has 0 atom stereocenters. The first-order chi connectivity index (χ1) is 15.1. The number of carbonyl (C=O) groups is 1. The summed E-state index contributed by atoms with van der Waals surface area (Å²) in [6.07, 6.45) is 3.62. The fourth-order valence-electron chi connectivity index (χ4n) is 4.44. The second kappa shape index (κ2) is 8.55. The van der Waals surface area contributed by atoms with Crippen LogP contribution < -0.4 is 4.90 Å². The molecule has 0 bridgehead atoms. The summed E-state index contributed by atoms with van der Waals surface area (Å²) in [5.74, 6) is 0.196. The Balaban J connectivity index is 1.20. The molecule has 1 aromatic carbocycles. The third-order valence-corrected chi connectivity index (χ3v) is 7.40. The molecular formula is C22H27FN6OS. The Labute approximate surface area is 185 Å². The van der Waals surface area contributed by atoms with Crippen LogP contribution in [0.25, 0.3) is 16.2 Å². The number of fused-ring (bicyclic) bond motifs is 1. The molecule has 7 nitrogen and oxygen atoms in total. The highest BCUT2D eigenvalue weighted by molar-refractivity contribution is 7.20. The predicted octanol–water partition coefficient (Wildman–Crippen LogP) is 2.98. The lowest BCUT2D eigenvalue weighted by molar-refractivity contribution is -0.137. The largest absolute Gasteiger partial charge is 0.347 e. The second-order valence-electron chi connectivity index (χ2n) is 8.27. The lowest BCUT2D eigenvalue weighted by Gasteiger charge is -2.38. The van der Waals surface area contributed by atoms with Crippen LogP contribution in [0.1, 0.15) is 19.8 Å². The maximum Gasteiger partial charge on any atom is 0.225 e. The number of nitrogens with zero attached hydrogens (tertiary/aromatic N) is 6. The number of likely N-dealkylation sites (N-methyl/N-ethyl adjacent to an activating group) is 1. The predicted molar refractivity (Wildman–Crippen MR) is 120 cm³/mol. The molecule has 5 rings (SSSR count). The Kier molecular flexibility index (Phi) is 5.62. The van der Waals surface area contributed by atoms with Crippen molar-refractivity contribution < 1.29 is 9.18 Å². The molecule has 2 fully saturated rings. The smallest absolute Gasteiger partial charge is 0.225 e. The normalized spacial score (nSPS) is 18.8. The van der Waals surface area contributed by atoms with Gasteiger partial charge in [-0.1, -0.05) is 18.3 Å². The van der Waals surface area contributed by atoms with Crippen LogP contribution in [0.5, 0.6) is 0 Å². The van der Waals surface area contributed by atoms with E-state index in [4.69, 9.17) is 5.10 Å². The van der Waals surface area contributed by atoms with Gasteiger partial charge in [0.05, 0.1) is 11.9 Å². The first kappa shape index (κ1) is 20.4. The average Bonchev–Trinajstić information content (AvgIpc) is 3.39. The number of hydrogen-bond acceptors (Lipinski definition) is 6. The summed E-state index contributed by atoms with van der Waals surface area (Å²) < 4.78 is 14.9. The Morgan fingerprint density at radius 1 is 1.10 bits per heavy atom. The molecule has 0 saturated carbocycles. The minimum Gasteiger partial charge on any atom is -0.347 e. The van der Waals surface area contributed by atoms with Gasteiger partial charge in [0.2, 0.25) is 16.0 Å². The van der Waals surface area contributed by atoms with Gasteiger partial charge >= 0.3 is 0 Å². The molecule has 2 saturated heterocycles. The van der Waals surface area contributed by atoms with E-state index in [1.54, 1.807) is 28.0 Å². The molecule has 164 valence electrons. The highest BCUT2D eigenvalue weighted by Crippen LogP contribution is 2.30. The number of piperazine rings is 1. The SMILES string of the molecule is CCN1CCN(C(=O)C2CCN(c3nn4cc(-c5ccc(F)cc5)nc4s3)CC2)CC1. The van der Waals surface area contributed by atoms with E-state index in [-0.39, 0.29) is 11.7 Å². The minimum atomic E-state index is -0.254. The first-order valence-electron chi connectivity index (χ1n) is 11.0. The number of anilines is 1. The number of aromatic nitrogens is 3. The molecule has 4 heterocycles. The molecule has 0 unspecified atom stereocenters. The molecule has 9 heteroatoms. The summed E-state index contributed by atoms with van der Waals surface area (Å²) in [7, 11) is 0. The topological polar surface area (TPSA) is 57.0 Å². The number of halogens is 1. The van der Waals surface area contributed by atoms with Crippen molar-refractivity contribution in [3.05, 3.63) is 36.3 Å². The fraction of sp³-hybridized carbons (Fsp3) is 0.500. The molecule has 1 amide bonds. The third kappa shape index (κ3) is 4.16. The number of amides is 1. The molecule has 3 aromatic rings. The van der Waals surface area contributed by atoms with E-state index in [9.17, 15) is 9.18 Å². The summed E-state index contributed by atoms with van der Waals surface area (Å²) in [5.41, 5.74) is 1.66. The molecular weight excluding hydrogens is 415 g/mol. The molecule has 2 aliphatic rings. The van der Waals surface area contributed by atoms with Crippen LogP contribution in [-0.2, 0) is 4.79 Å². The summed E-state index contributed by atoms with van der Waals surface area (Å²) in [6, 6.07) is 6.34. The van der Waals surface area contributed by atoms with Crippen molar-refractivity contribution in [3.8, 4) is 11.3 Å². The van der Waals surface area contributed by atoms with Crippen LogP contribution in [0.4, 0.5) is 9.52 Å². The molecule has 31 heavy (non-hydrogen) atoms. The van der Waals surface area contributed by atoms with Crippen LogP contribution in [0, 0.1) is 11.7 Å². The third-order valence-electron chi connectivity index (χ3n) is 6.42. The van der Waals surface area contributed by atoms with Crippen molar-refractivity contribution in [2.24, 2.45) is 5.92 Å². The van der Waals surface area contributed by atoms with Crippen LogP contribution in [0.2, 0.25) is 0 Å². The maximum atomic E-state index is 13.2. The Morgan fingerprint density at radius 2 is 1.81 bits per heavy atom. The van der Waals surface area contributed by atoms with Gasteiger partial charge in [-0.2, -0.15) is 0 Å². The van der Waals surface area contributed by atoms with E-state index >= 15 is 0 Å². The quantitative estimate of drug-likeness (QED) is 0.622. The molecule has 0 N–H and O–H groups in total. The number of piperidine rings is 1. The molecule has 2 aromatic heterocycles. The summed E-state index contributed by atoms with van der Waals surface area (Å²) in [5, 5.41) is 5.64. The minimum absolute atomic E-state index is 0.124. The Bertz CT molecular complexity index is 1020. The number of imidazole rings is 1. The van der Waals surface area contributed by atoms with Crippen LogP contribution in [-0.4, -0.2) is 76.1 Å². The lowest BCUT2D eigenvalue weighted by Crippen LogP contribution is -2.51. The van der Waals surface area contributed by atoms with Gasteiger partial charge in [-0.15, -0.1) is 5.10 Å². The number of benzene rings is 1. The van der Waals surface area contributed by atoms with Crippen molar-refractivity contribution >= 4 is 27.3 Å². The summed E-state index contributed by atoms with van der Waals surface area (Å²) in [4.78, 5) is 25.1. The summed E-state index contributed by atoms with van der Waals surface area (Å²) >= 11 is 1.55. The standard InChI is InChI=1S/C22H27FN6OS/c1-2-26-11-13-27(14-12-26)20(30)17-7-9-28(10-8-17)22-25-29-15-19(24-21(29)31-22)16-3-5-18(23)6-4-16/h3-6,15,17H,2,7-14H2,1H3. The molecule has 0 radical (unpaired) electrons. The zero-order valence-corrected chi connectivity index (χ0v) is 18.5. The van der Waals surface area contributed by atoms with E-state index in [2.05, 4.69) is 26.6 Å². The van der Waals surface area contributed by atoms with E-state index < -0.39 is 0 Å². The number of carbonyl (C=O) groups excluding carboxylic acids is 1. The number of hydrogen-bond donors (Lipinski definition) is 0. The van der Waals surface area contributed by atoms with Crippen molar-refractivity contribution in [1.29, 1.82) is 0 Å². The zero-order chi connectivity index (χ0) is 21.4. The van der Waals surface area contributed by atoms with Crippen LogP contribution >= 0.6 is 11.3 Å². The molecule has 0 spiro atoms. The highest BCUT2D eigenvalue weighted by atomic mass is 32.1. The van der Waals surface area contributed by atoms with E-state index in [1.807, 2.05) is 6.20 Å². The van der Waals surface area contributed by atoms with Crippen LogP contribution in [0.3, 0.4) is 0 Å². The Hall–Kier alpha value is -2.52. The van der Waals surface area contributed by atoms with E-state index in [0.29, 0.717) is 5.91 Å². The maximum absolute atomic E-state index is 13.2. The van der Waals surface area contributed by atoms with Crippen molar-refractivity contribution in [2.75, 3.05) is 50.7 Å². The number of rotatable bonds is 4. The fourth-order valence-corrected chi connectivity index (χ4v) is 5.37. The van der Waals surface area contributed by atoms with Gasteiger partial charge in [0, 0.05) is 50.7 Å². The zero-order valence-electron chi connectivity index (χ0n) is 17.7. The van der Waals surface area contributed by atoms with E-state index in [1.165, 1.54) is 12.1 Å². The first-order valence-corrected chi connectivity index (χ1v) is 11.8. The van der Waals surface area contributed by atoms with Gasteiger partial charge in [0.1, 0.15) is 5.82 Å². The van der Waals surface area contributed by atoms with Gasteiger partial charge in [0.15, 0.2) is 0 Å². The van der Waals surface area contributed by atoms with Crippen molar-refractivity contribution in [2.45, 2.75) is 19.8 Å². The van der Waals surface area contributed by atoms with Crippen molar-refractivity contribution in [1.82, 2.24) is 24.4 Å². The van der Waals surface area contributed by atoms with Gasteiger partial charge in [-0.05, 0) is 43.7 Å². The van der Waals surface area contributed by atoms with Gasteiger partial charge in [-0.3, -0.25) is 4.79 Å². The summed E-state index contributed by atoms with van der Waals surface area (Å²) in [6.45, 7) is 8.59. The monoisotopic (exact) mass is 442 g/mol. The van der Waals surface area contributed by atoms with E-state index in [0.717, 1.165) is 80.0 Å². The van der Waals surface area contributed by atoms with Gasteiger partial charge < -0.3 is 14.7 Å². The second-order valence-corrected chi connectivity index (χ2v) is 9.20.